The molecule has 2 heterocycles. The maximum absolute atomic E-state index is 12.0. The molecule has 0 aliphatic carbocycles. The number of hydrogen-bond donors (Lipinski definition) is 1. The molecule has 2 aromatic rings. The summed E-state index contributed by atoms with van der Waals surface area (Å²) in [5, 5.41) is 5.75. The summed E-state index contributed by atoms with van der Waals surface area (Å²) in [5.74, 6) is 0.327. The van der Waals surface area contributed by atoms with Crippen molar-refractivity contribution in [2.24, 2.45) is 0 Å². The Morgan fingerprint density at radius 1 is 1.41 bits per heavy atom. The maximum atomic E-state index is 12.0. The van der Waals surface area contributed by atoms with Gasteiger partial charge in [-0.15, -0.1) is 11.3 Å². The van der Waals surface area contributed by atoms with Crippen LogP contribution in [-0.2, 0) is 9.47 Å². The van der Waals surface area contributed by atoms with Crippen molar-refractivity contribution in [3.63, 3.8) is 0 Å². The Morgan fingerprint density at radius 2 is 2.23 bits per heavy atom. The van der Waals surface area contributed by atoms with E-state index in [0.29, 0.717) is 24.6 Å². The molecule has 0 saturated heterocycles. The van der Waals surface area contributed by atoms with E-state index in [4.69, 9.17) is 9.47 Å². The average molecular weight is 323 g/mol. The van der Waals surface area contributed by atoms with Crippen LogP contribution in [0.2, 0.25) is 0 Å². The molecule has 0 bridgehead atoms. The van der Waals surface area contributed by atoms with Gasteiger partial charge in [-0.3, -0.25) is 0 Å². The smallest absolute Gasteiger partial charge is 0.339 e. The van der Waals surface area contributed by atoms with Crippen LogP contribution in [0.5, 0.6) is 0 Å². The Morgan fingerprint density at radius 3 is 2.95 bits per heavy atom. The Balaban J connectivity index is 2.09. The molecule has 0 spiro atoms. The number of rotatable bonds is 8. The SMILES string of the molecule is CCOC(=O)c1csc2ncnc(NCCCOC(C)C)c12. The number of nitrogens with zero attached hydrogens (tertiary/aromatic N) is 2. The molecule has 0 aliphatic heterocycles. The summed E-state index contributed by atoms with van der Waals surface area (Å²) < 4.78 is 10.6. The Labute approximate surface area is 133 Å². The largest absolute Gasteiger partial charge is 0.462 e. The molecular weight excluding hydrogens is 302 g/mol. The maximum Gasteiger partial charge on any atom is 0.339 e. The zero-order valence-electron chi connectivity index (χ0n) is 13.1. The molecule has 2 rings (SSSR count). The van der Waals surface area contributed by atoms with Crippen molar-refractivity contribution in [1.29, 1.82) is 0 Å². The number of fused-ring (bicyclic) bond motifs is 1. The van der Waals surface area contributed by atoms with E-state index < -0.39 is 0 Å². The van der Waals surface area contributed by atoms with Gasteiger partial charge in [-0.25, -0.2) is 14.8 Å². The summed E-state index contributed by atoms with van der Waals surface area (Å²) in [7, 11) is 0. The van der Waals surface area contributed by atoms with Crippen LogP contribution in [-0.4, -0.2) is 41.8 Å². The first-order chi connectivity index (χ1) is 10.6. The van der Waals surface area contributed by atoms with E-state index in [0.717, 1.165) is 23.2 Å². The number of carbonyl (C=O) groups is 1. The number of aromatic nitrogens is 2. The average Bonchev–Trinajstić information content (AvgIpc) is 2.91. The number of hydrogen-bond acceptors (Lipinski definition) is 7. The van der Waals surface area contributed by atoms with Gasteiger partial charge in [0.05, 0.1) is 23.7 Å². The predicted molar refractivity (Wildman–Crippen MR) is 87.6 cm³/mol. The fraction of sp³-hybridized carbons (Fsp3) is 0.533. The molecule has 1 N–H and O–H groups in total. The van der Waals surface area contributed by atoms with Gasteiger partial charge in [0.15, 0.2) is 0 Å². The van der Waals surface area contributed by atoms with Crippen LogP contribution in [0.3, 0.4) is 0 Å². The molecule has 0 radical (unpaired) electrons. The molecule has 22 heavy (non-hydrogen) atoms. The molecule has 120 valence electrons. The molecule has 2 aromatic heterocycles. The highest BCUT2D eigenvalue weighted by atomic mass is 32.1. The van der Waals surface area contributed by atoms with E-state index in [1.807, 2.05) is 13.8 Å². The second kappa shape index (κ2) is 8.05. The topological polar surface area (TPSA) is 73.3 Å². The van der Waals surface area contributed by atoms with Crippen LogP contribution in [0.1, 0.15) is 37.6 Å². The van der Waals surface area contributed by atoms with Gasteiger partial charge < -0.3 is 14.8 Å². The highest BCUT2D eigenvalue weighted by Gasteiger charge is 2.17. The molecular formula is C15H21N3O3S. The Hall–Kier alpha value is -1.73. The van der Waals surface area contributed by atoms with Gasteiger partial charge in [0, 0.05) is 18.5 Å². The second-order valence-electron chi connectivity index (χ2n) is 4.97. The van der Waals surface area contributed by atoms with Crippen LogP contribution in [0.25, 0.3) is 10.2 Å². The van der Waals surface area contributed by atoms with Crippen molar-refractivity contribution in [1.82, 2.24) is 9.97 Å². The molecule has 0 aromatic carbocycles. The zero-order valence-corrected chi connectivity index (χ0v) is 13.9. The summed E-state index contributed by atoms with van der Waals surface area (Å²) in [4.78, 5) is 21.2. The number of carbonyl (C=O) groups excluding carboxylic acids is 1. The lowest BCUT2D eigenvalue weighted by Crippen LogP contribution is -2.11. The van der Waals surface area contributed by atoms with Crippen molar-refractivity contribution in [3.05, 3.63) is 17.3 Å². The number of anilines is 1. The number of ether oxygens (including phenoxy) is 2. The lowest BCUT2D eigenvalue weighted by atomic mass is 10.2. The van der Waals surface area contributed by atoms with Crippen molar-refractivity contribution in [2.45, 2.75) is 33.3 Å². The van der Waals surface area contributed by atoms with Crippen molar-refractivity contribution in [3.8, 4) is 0 Å². The third-order valence-electron chi connectivity index (χ3n) is 2.93. The quantitative estimate of drug-likeness (QED) is 0.594. The summed E-state index contributed by atoms with van der Waals surface area (Å²) in [5.41, 5.74) is 0.517. The highest BCUT2D eigenvalue weighted by Crippen LogP contribution is 2.29. The van der Waals surface area contributed by atoms with Gasteiger partial charge in [0.25, 0.3) is 0 Å². The first-order valence-electron chi connectivity index (χ1n) is 7.38. The molecule has 0 saturated carbocycles. The second-order valence-corrected chi connectivity index (χ2v) is 5.83. The number of nitrogens with one attached hydrogen (secondary N) is 1. The van der Waals surface area contributed by atoms with E-state index in [2.05, 4.69) is 15.3 Å². The molecule has 0 amide bonds. The summed E-state index contributed by atoms with van der Waals surface area (Å²) in [6.45, 7) is 7.57. The fourth-order valence-corrected chi connectivity index (χ4v) is 2.84. The normalized spacial score (nSPS) is 11.1. The standard InChI is InChI=1S/C15H21N3O3S/c1-4-20-15(19)11-8-22-14-12(11)13(17-9-18-14)16-6-5-7-21-10(2)3/h8-10H,4-7H2,1-3H3,(H,16,17,18). The van der Waals surface area contributed by atoms with Gasteiger partial charge in [-0.05, 0) is 27.2 Å². The van der Waals surface area contributed by atoms with Gasteiger partial charge in [-0.1, -0.05) is 0 Å². The van der Waals surface area contributed by atoms with Crippen LogP contribution in [0.15, 0.2) is 11.7 Å². The van der Waals surface area contributed by atoms with Crippen LogP contribution < -0.4 is 5.32 Å². The van der Waals surface area contributed by atoms with E-state index in [1.165, 1.54) is 17.7 Å². The highest BCUT2D eigenvalue weighted by molar-refractivity contribution is 7.17. The fourth-order valence-electron chi connectivity index (χ4n) is 1.97. The van der Waals surface area contributed by atoms with Crippen molar-refractivity contribution in [2.75, 3.05) is 25.1 Å². The first-order valence-corrected chi connectivity index (χ1v) is 8.26. The van der Waals surface area contributed by atoms with E-state index >= 15 is 0 Å². The van der Waals surface area contributed by atoms with E-state index in [-0.39, 0.29) is 12.1 Å². The molecule has 0 aliphatic rings. The lowest BCUT2D eigenvalue weighted by Gasteiger charge is -2.09. The minimum atomic E-state index is -0.338. The third-order valence-corrected chi connectivity index (χ3v) is 3.82. The van der Waals surface area contributed by atoms with Crippen molar-refractivity contribution >= 4 is 33.3 Å². The van der Waals surface area contributed by atoms with Crippen LogP contribution >= 0.6 is 11.3 Å². The molecule has 0 unspecified atom stereocenters. The summed E-state index contributed by atoms with van der Waals surface area (Å²) >= 11 is 1.41. The molecule has 6 nitrogen and oxygen atoms in total. The van der Waals surface area contributed by atoms with E-state index in [1.54, 1.807) is 12.3 Å². The number of thiophene rings is 1. The molecule has 0 atom stereocenters. The minimum absolute atomic E-state index is 0.234. The van der Waals surface area contributed by atoms with Gasteiger partial charge in [0.1, 0.15) is 17.0 Å². The first kappa shape index (κ1) is 16.6. The van der Waals surface area contributed by atoms with Gasteiger partial charge in [0.2, 0.25) is 0 Å². The van der Waals surface area contributed by atoms with E-state index in [9.17, 15) is 4.79 Å². The van der Waals surface area contributed by atoms with Crippen LogP contribution in [0.4, 0.5) is 5.82 Å². The number of esters is 1. The Kier molecular flexibility index (Phi) is 6.09. The monoisotopic (exact) mass is 323 g/mol. The summed E-state index contributed by atoms with van der Waals surface area (Å²) in [6, 6.07) is 0. The summed E-state index contributed by atoms with van der Waals surface area (Å²) in [6.07, 6.45) is 2.60. The lowest BCUT2D eigenvalue weighted by molar-refractivity contribution is 0.0529. The van der Waals surface area contributed by atoms with Gasteiger partial charge >= 0.3 is 5.97 Å². The molecule has 0 fully saturated rings. The van der Waals surface area contributed by atoms with Crippen LogP contribution in [0, 0.1) is 0 Å². The third kappa shape index (κ3) is 4.14. The Bertz CT molecular complexity index is 628. The van der Waals surface area contributed by atoms with Gasteiger partial charge in [-0.2, -0.15) is 0 Å². The minimum Gasteiger partial charge on any atom is -0.462 e. The predicted octanol–water partition coefficient (Wildman–Crippen LogP) is 3.10. The zero-order chi connectivity index (χ0) is 15.9. The van der Waals surface area contributed by atoms with Crippen molar-refractivity contribution < 1.29 is 14.3 Å². The molecule has 7 heteroatoms.